The Balaban J connectivity index is 1.80. The topological polar surface area (TPSA) is 48.9 Å². The lowest BCUT2D eigenvalue weighted by atomic mass is 10.2. The molecule has 1 unspecified atom stereocenters. The van der Waals surface area contributed by atoms with Gasteiger partial charge in [-0.2, -0.15) is 0 Å². The van der Waals surface area contributed by atoms with Gasteiger partial charge in [0.25, 0.3) is 0 Å². The Morgan fingerprint density at radius 3 is 2.84 bits per heavy atom. The highest BCUT2D eigenvalue weighted by Crippen LogP contribution is 2.20. The zero-order valence-electron chi connectivity index (χ0n) is 15.8. The molecule has 0 spiro atoms. The maximum Gasteiger partial charge on any atom is 0.191 e. The number of guanidine groups is 1. The zero-order chi connectivity index (χ0) is 17.7. The van der Waals surface area contributed by atoms with Gasteiger partial charge in [-0.15, -0.1) is 0 Å². The molecule has 0 radical (unpaired) electrons. The second kappa shape index (κ2) is 11.9. The molecule has 2 rings (SSSR count). The molecule has 5 heteroatoms. The average Bonchev–Trinajstić information content (AvgIpc) is 3.07. The summed E-state index contributed by atoms with van der Waals surface area (Å²) in [6.07, 6.45) is 3.51. The first-order valence-electron chi connectivity index (χ1n) is 9.71. The molecule has 1 aromatic carbocycles. The zero-order valence-corrected chi connectivity index (χ0v) is 15.8. The lowest BCUT2D eigenvalue weighted by molar-refractivity contribution is 0.145. The first-order valence-corrected chi connectivity index (χ1v) is 9.71. The van der Waals surface area contributed by atoms with E-state index in [1.807, 2.05) is 6.92 Å². The highest BCUT2D eigenvalue weighted by molar-refractivity contribution is 5.79. The van der Waals surface area contributed by atoms with Crippen LogP contribution in [-0.2, 0) is 11.3 Å². The summed E-state index contributed by atoms with van der Waals surface area (Å²) in [6, 6.07) is 11.3. The third kappa shape index (κ3) is 7.45. The molecule has 1 heterocycles. The summed E-state index contributed by atoms with van der Waals surface area (Å²) in [4.78, 5) is 7.38. The predicted molar refractivity (Wildman–Crippen MR) is 105 cm³/mol. The van der Waals surface area contributed by atoms with Crippen LogP contribution in [0, 0.1) is 0 Å². The summed E-state index contributed by atoms with van der Waals surface area (Å²) in [7, 11) is 0. The van der Waals surface area contributed by atoms with Gasteiger partial charge in [0.05, 0.1) is 6.54 Å². The molecule has 0 aliphatic carbocycles. The molecule has 0 amide bonds. The van der Waals surface area contributed by atoms with Gasteiger partial charge in [0.1, 0.15) is 0 Å². The van der Waals surface area contributed by atoms with Crippen molar-refractivity contribution in [3.05, 3.63) is 35.9 Å². The fourth-order valence-corrected chi connectivity index (χ4v) is 3.19. The summed E-state index contributed by atoms with van der Waals surface area (Å²) >= 11 is 0. The van der Waals surface area contributed by atoms with Gasteiger partial charge in [-0.05, 0) is 45.2 Å². The van der Waals surface area contributed by atoms with E-state index in [9.17, 15) is 0 Å². The van der Waals surface area contributed by atoms with E-state index in [0.29, 0.717) is 6.04 Å². The van der Waals surface area contributed by atoms with Crippen LogP contribution in [0.3, 0.4) is 0 Å². The fraction of sp³-hybridized carbons (Fsp3) is 0.650. The molecule has 1 aromatic rings. The number of nitrogens with one attached hydrogen (secondary N) is 2. The van der Waals surface area contributed by atoms with Crippen LogP contribution in [0.5, 0.6) is 0 Å². The minimum absolute atomic E-state index is 0.541. The number of aliphatic imine (C=N–C) groups is 1. The van der Waals surface area contributed by atoms with Crippen molar-refractivity contribution < 1.29 is 4.74 Å². The van der Waals surface area contributed by atoms with Gasteiger partial charge < -0.3 is 15.4 Å². The van der Waals surface area contributed by atoms with E-state index in [2.05, 4.69) is 52.8 Å². The highest BCUT2D eigenvalue weighted by Gasteiger charge is 2.24. The van der Waals surface area contributed by atoms with E-state index in [1.54, 1.807) is 0 Å². The van der Waals surface area contributed by atoms with Crippen LogP contribution >= 0.6 is 0 Å². The van der Waals surface area contributed by atoms with Gasteiger partial charge >= 0.3 is 0 Å². The van der Waals surface area contributed by atoms with E-state index in [1.165, 1.54) is 24.9 Å². The number of rotatable bonds is 10. The van der Waals surface area contributed by atoms with Crippen molar-refractivity contribution in [1.82, 2.24) is 15.5 Å². The summed E-state index contributed by atoms with van der Waals surface area (Å²) in [5, 5.41) is 6.75. The second-order valence-electron chi connectivity index (χ2n) is 6.45. The Kier molecular flexibility index (Phi) is 9.37. The quantitative estimate of drug-likeness (QED) is 0.388. The Morgan fingerprint density at radius 2 is 2.08 bits per heavy atom. The maximum atomic E-state index is 5.38. The molecule has 1 atom stereocenters. The number of nitrogens with zero attached hydrogens (tertiary/aromatic N) is 2. The van der Waals surface area contributed by atoms with Gasteiger partial charge in [0.2, 0.25) is 0 Å². The molecular formula is C20H34N4O. The molecule has 1 saturated heterocycles. The standard InChI is InChI=1S/C20H34N4O/c1-3-21-20(22-13-9-15-25-4-2)23-16-19-12-8-14-24(19)17-18-10-6-5-7-11-18/h5-7,10-11,19H,3-4,8-9,12-17H2,1-2H3,(H2,21,22,23). The SMILES string of the molecule is CCNC(=NCC1CCCN1Cc1ccccc1)NCCCOCC. The minimum Gasteiger partial charge on any atom is -0.382 e. The van der Waals surface area contributed by atoms with Crippen molar-refractivity contribution in [1.29, 1.82) is 0 Å². The molecule has 5 nitrogen and oxygen atoms in total. The van der Waals surface area contributed by atoms with Gasteiger partial charge in [0, 0.05) is 38.9 Å². The summed E-state index contributed by atoms with van der Waals surface area (Å²) in [5.74, 6) is 0.922. The van der Waals surface area contributed by atoms with Gasteiger partial charge in [-0.25, -0.2) is 0 Å². The Labute approximate surface area is 152 Å². The minimum atomic E-state index is 0.541. The van der Waals surface area contributed by atoms with Crippen molar-refractivity contribution in [2.45, 2.75) is 45.7 Å². The number of hydrogen-bond acceptors (Lipinski definition) is 3. The molecule has 1 fully saturated rings. The monoisotopic (exact) mass is 346 g/mol. The molecule has 1 aliphatic heterocycles. The summed E-state index contributed by atoms with van der Waals surface area (Å²) in [6.45, 7) is 10.6. The van der Waals surface area contributed by atoms with Crippen molar-refractivity contribution in [3.8, 4) is 0 Å². The van der Waals surface area contributed by atoms with Crippen LogP contribution in [-0.4, -0.2) is 56.3 Å². The van der Waals surface area contributed by atoms with Crippen LogP contribution in [0.25, 0.3) is 0 Å². The third-order valence-corrected chi connectivity index (χ3v) is 4.49. The number of hydrogen-bond donors (Lipinski definition) is 2. The number of ether oxygens (including phenoxy) is 1. The largest absolute Gasteiger partial charge is 0.382 e. The fourth-order valence-electron chi connectivity index (χ4n) is 3.19. The summed E-state index contributed by atoms with van der Waals surface area (Å²) in [5.41, 5.74) is 1.39. The van der Waals surface area contributed by atoms with Crippen molar-refractivity contribution in [2.75, 3.05) is 39.4 Å². The van der Waals surface area contributed by atoms with Gasteiger partial charge in [-0.1, -0.05) is 30.3 Å². The van der Waals surface area contributed by atoms with Crippen molar-refractivity contribution in [3.63, 3.8) is 0 Å². The summed E-state index contributed by atoms with van der Waals surface area (Å²) < 4.78 is 5.38. The van der Waals surface area contributed by atoms with E-state index in [4.69, 9.17) is 9.73 Å². The van der Waals surface area contributed by atoms with E-state index in [0.717, 1.165) is 51.8 Å². The molecule has 0 saturated carbocycles. The lowest BCUT2D eigenvalue weighted by Crippen LogP contribution is -2.39. The molecule has 2 N–H and O–H groups in total. The molecule has 0 aromatic heterocycles. The van der Waals surface area contributed by atoms with Crippen LogP contribution < -0.4 is 10.6 Å². The molecule has 140 valence electrons. The molecule has 25 heavy (non-hydrogen) atoms. The first-order chi connectivity index (χ1) is 12.3. The van der Waals surface area contributed by atoms with Crippen molar-refractivity contribution >= 4 is 5.96 Å². The van der Waals surface area contributed by atoms with Crippen LogP contribution in [0.15, 0.2) is 35.3 Å². The van der Waals surface area contributed by atoms with Crippen LogP contribution in [0.1, 0.15) is 38.7 Å². The van der Waals surface area contributed by atoms with E-state index >= 15 is 0 Å². The molecule has 1 aliphatic rings. The third-order valence-electron chi connectivity index (χ3n) is 4.49. The average molecular weight is 347 g/mol. The van der Waals surface area contributed by atoms with E-state index in [-0.39, 0.29) is 0 Å². The van der Waals surface area contributed by atoms with Gasteiger partial charge in [-0.3, -0.25) is 9.89 Å². The molecule has 0 bridgehead atoms. The Morgan fingerprint density at radius 1 is 1.24 bits per heavy atom. The first kappa shape index (κ1) is 19.7. The number of benzene rings is 1. The maximum absolute atomic E-state index is 5.38. The molecular weight excluding hydrogens is 312 g/mol. The predicted octanol–water partition coefficient (Wildman–Crippen LogP) is 2.63. The highest BCUT2D eigenvalue weighted by atomic mass is 16.5. The van der Waals surface area contributed by atoms with Gasteiger partial charge in [0.15, 0.2) is 5.96 Å². The van der Waals surface area contributed by atoms with Crippen LogP contribution in [0.2, 0.25) is 0 Å². The van der Waals surface area contributed by atoms with E-state index < -0.39 is 0 Å². The Hall–Kier alpha value is -1.59. The number of likely N-dealkylation sites (tertiary alicyclic amines) is 1. The van der Waals surface area contributed by atoms with Crippen molar-refractivity contribution in [2.24, 2.45) is 4.99 Å². The normalized spacial score (nSPS) is 18.5. The lowest BCUT2D eigenvalue weighted by Gasteiger charge is -2.23. The van der Waals surface area contributed by atoms with Crippen LogP contribution in [0.4, 0.5) is 0 Å². The Bertz CT molecular complexity index is 492. The second-order valence-corrected chi connectivity index (χ2v) is 6.45. The smallest absolute Gasteiger partial charge is 0.191 e.